The van der Waals surface area contributed by atoms with Crippen LogP contribution in [0.25, 0.3) is 5.69 Å². The van der Waals surface area contributed by atoms with Gasteiger partial charge in [0.25, 0.3) is 5.91 Å². The van der Waals surface area contributed by atoms with Crippen LogP contribution in [0.5, 0.6) is 0 Å². The normalized spacial score (nSPS) is 20.5. The highest BCUT2D eigenvalue weighted by Gasteiger charge is 2.35. The third-order valence-corrected chi connectivity index (χ3v) is 5.84. The first kappa shape index (κ1) is 15.9. The molecule has 1 aromatic carbocycles. The quantitative estimate of drug-likeness (QED) is 0.843. The van der Waals surface area contributed by atoms with Crippen molar-refractivity contribution in [3.8, 4) is 5.69 Å². The molecule has 1 aliphatic rings. The van der Waals surface area contributed by atoms with Gasteiger partial charge in [-0.3, -0.25) is 9.00 Å². The Morgan fingerprint density at radius 3 is 2.61 bits per heavy atom. The molecule has 0 radical (unpaired) electrons. The number of benzene rings is 1. The van der Waals surface area contributed by atoms with Crippen LogP contribution in [0.2, 0.25) is 0 Å². The first-order valence-corrected chi connectivity index (χ1v) is 8.68. The molecule has 0 bridgehead atoms. The van der Waals surface area contributed by atoms with Gasteiger partial charge in [0.2, 0.25) is 0 Å². The van der Waals surface area contributed by atoms with E-state index in [1.807, 2.05) is 13.8 Å². The topological polar surface area (TPSA) is 55.2 Å². The van der Waals surface area contributed by atoms with Crippen molar-refractivity contribution in [3.63, 3.8) is 0 Å². The highest BCUT2D eigenvalue weighted by Crippen LogP contribution is 2.21. The molecule has 0 saturated carbocycles. The monoisotopic (exact) mass is 335 g/mol. The zero-order valence-corrected chi connectivity index (χ0v) is 13.8. The molecular weight excluding hydrogens is 317 g/mol. The number of amides is 1. The highest BCUT2D eigenvalue weighted by molar-refractivity contribution is 7.86. The van der Waals surface area contributed by atoms with E-state index in [2.05, 4.69) is 5.10 Å². The van der Waals surface area contributed by atoms with E-state index in [1.54, 1.807) is 34.0 Å². The fraction of sp³-hybridized carbons (Fsp3) is 0.375. The van der Waals surface area contributed by atoms with Crippen LogP contribution in [-0.4, -0.2) is 48.4 Å². The van der Waals surface area contributed by atoms with Gasteiger partial charge in [0.15, 0.2) is 5.69 Å². The second-order valence-corrected chi connectivity index (χ2v) is 8.36. The Morgan fingerprint density at radius 1 is 1.26 bits per heavy atom. The van der Waals surface area contributed by atoms with E-state index in [1.165, 1.54) is 12.1 Å². The van der Waals surface area contributed by atoms with E-state index in [-0.39, 0.29) is 11.7 Å². The molecule has 0 aliphatic carbocycles. The number of aromatic nitrogens is 2. The molecule has 0 spiro atoms. The molecule has 1 saturated heterocycles. The molecule has 7 heteroatoms. The lowest BCUT2D eigenvalue weighted by Gasteiger charge is -2.36. The summed E-state index contributed by atoms with van der Waals surface area (Å²) in [6, 6.07) is 7.54. The number of carbonyl (C=O) groups excluding carboxylic acids is 1. The van der Waals surface area contributed by atoms with Crippen LogP contribution in [0, 0.1) is 5.82 Å². The predicted molar refractivity (Wildman–Crippen MR) is 86.5 cm³/mol. The van der Waals surface area contributed by atoms with Crippen molar-refractivity contribution < 1.29 is 13.4 Å². The van der Waals surface area contributed by atoms with Gasteiger partial charge < -0.3 is 4.90 Å². The molecule has 23 heavy (non-hydrogen) atoms. The van der Waals surface area contributed by atoms with Crippen LogP contribution in [0.1, 0.15) is 24.3 Å². The first-order chi connectivity index (χ1) is 10.9. The molecular formula is C16H18FN3O2S. The van der Waals surface area contributed by atoms with Gasteiger partial charge in [-0.1, -0.05) is 0 Å². The Kier molecular flexibility index (Phi) is 4.06. The van der Waals surface area contributed by atoms with Crippen molar-refractivity contribution in [2.45, 2.75) is 18.6 Å². The van der Waals surface area contributed by atoms with E-state index in [9.17, 15) is 13.4 Å². The molecule has 2 aromatic rings. The fourth-order valence-electron chi connectivity index (χ4n) is 2.59. The van der Waals surface area contributed by atoms with Gasteiger partial charge in [-0.05, 0) is 44.2 Å². The van der Waals surface area contributed by atoms with Crippen molar-refractivity contribution in [3.05, 3.63) is 48.0 Å². The van der Waals surface area contributed by atoms with Crippen LogP contribution in [0.15, 0.2) is 36.5 Å². The molecule has 2 heterocycles. The van der Waals surface area contributed by atoms with Crippen LogP contribution in [0.4, 0.5) is 4.39 Å². The number of hydrogen-bond donors (Lipinski definition) is 0. The van der Waals surface area contributed by atoms with Crippen LogP contribution in [-0.2, 0) is 10.8 Å². The van der Waals surface area contributed by atoms with E-state index in [0.717, 1.165) is 0 Å². The number of hydrogen-bond acceptors (Lipinski definition) is 3. The number of carbonyl (C=O) groups is 1. The minimum Gasteiger partial charge on any atom is -0.335 e. The summed E-state index contributed by atoms with van der Waals surface area (Å²) < 4.78 is 26.1. The van der Waals surface area contributed by atoms with Gasteiger partial charge in [-0.15, -0.1) is 0 Å². The molecule has 1 amide bonds. The maximum absolute atomic E-state index is 13.0. The summed E-state index contributed by atoms with van der Waals surface area (Å²) in [4.78, 5) is 14.3. The van der Waals surface area contributed by atoms with E-state index in [0.29, 0.717) is 30.2 Å². The van der Waals surface area contributed by atoms with Crippen molar-refractivity contribution in [2.75, 3.05) is 18.8 Å². The lowest BCUT2D eigenvalue weighted by atomic mass is 10.2. The average Bonchev–Trinajstić information content (AvgIpc) is 3.00. The van der Waals surface area contributed by atoms with Crippen molar-refractivity contribution in [2.24, 2.45) is 0 Å². The summed E-state index contributed by atoms with van der Waals surface area (Å²) in [6.07, 6.45) is 1.67. The van der Waals surface area contributed by atoms with Crippen LogP contribution in [0.3, 0.4) is 0 Å². The summed E-state index contributed by atoms with van der Waals surface area (Å²) in [5.41, 5.74) is 1.02. The Labute approximate surface area is 136 Å². The van der Waals surface area contributed by atoms with Crippen LogP contribution >= 0.6 is 0 Å². The molecule has 122 valence electrons. The standard InChI is InChI=1S/C16H18FN3O2S/c1-16(2)11-19(9-10-23(16)22)15(21)14-7-8-20(18-14)13-5-3-12(17)4-6-13/h3-8H,9-11H2,1-2H3. The zero-order chi connectivity index (χ0) is 16.6. The van der Waals surface area contributed by atoms with Crippen molar-refractivity contribution in [1.29, 1.82) is 0 Å². The number of nitrogens with zero attached hydrogens (tertiary/aromatic N) is 3. The molecule has 1 unspecified atom stereocenters. The summed E-state index contributed by atoms with van der Waals surface area (Å²) in [6.45, 7) is 4.72. The fourth-order valence-corrected chi connectivity index (χ4v) is 3.83. The number of rotatable bonds is 2. The molecule has 1 atom stereocenters. The van der Waals surface area contributed by atoms with Gasteiger partial charge in [-0.2, -0.15) is 5.10 Å². The average molecular weight is 335 g/mol. The predicted octanol–water partition coefficient (Wildman–Crippen LogP) is 1.99. The van der Waals surface area contributed by atoms with Gasteiger partial charge in [-0.25, -0.2) is 9.07 Å². The van der Waals surface area contributed by atoms with Gasteiger partial charge in [0.05, 0.1) is 10.4 Å². The largest absolute Gasteiger partial charge is 0.335 e. The van der Waals surface area contributed by atoms with Crippen molar-refractivity contribution in [1.82, 2.24) is 14.7 Å². The molecule has 1 aromatic heterocycles. The first-order valence-electron chi connectivity index (χ1n) is 7.36. The summed E-state index contributed by atoms with van der Waals surface area (Å²) in [7, 11) is -0.926. The van der Waals surface area contributed by atoms with E-state index < -0.39 is 15.5 Å². The molecule has 5 nitrogen and oxygen atoms in total. The lowest BCUT2D eigenvalue weighted by molar-refractivity contribution is 0.0739. The maximum Gasteiger partial charge on any atom is 0.274 e. The molecule has 1 fully saturated rings. The third kappa shape index (κ3) is 3.19. The summed E-state index contributed by atoms with van der Waals surface area (Å²) in [5.74, 6) is -0.00591. The van der Waals surface area contributed by atoms with Gasteiger partial charge in [0.1, 0.15) is 5.82 Å². The minimum atomic E-state index is -0.926. The number of halogens is 1. The van der Waals surface area contributed by atoms with E-state index in [4.69, 9.17) is 0 Å². The second kappa shape index (κ2) is 5.88. The summed E-state index contributed by atoms with van der Waals surface area (Å²) >= 11 is 0. The SMILES string of the molecule is CC1(C)CN(C(=O)c2ccn(-c3ccc(F)cc3)n2)CCS1=O. The van der Waals surface area contributed by atoms with Crippen molar-refractivity contribution >= 4 is 16.7 Å². The Balaban J connectivity index is 1.79. The Hall–Kier alpha value is -2.02. The van der Waals surface area contributed by atoms with Crippen LogP contribution < -0.4 is 0 Å². The van der Waals surface area contributed by atoms with Gasteiger partial charge in [0, 0.05) is 35.8 Å². The highest BCUT2D eigenvalue weighted by atomic mass is 32.2. The van der Waals surface area contributed by atoms with E-state index >= 15 is 0 Å². The third-order valence-electron chi connectivity index (χ3n) is 3.92. The molecule has 0 N–H and O–H groups in total. The molecule has 1 aliphatic heterocycles. The second-order valence-electron chi connectivity index (χ2n) is 6.16. The van der Waals surface area contributed by atoms with Gasteiger partial charge >= 0.3 is 0 Å². The molecule has 3 rings (SSSR count). The lowest BCUT2D eigenvalue weighted by Crippen LogP contribution is -2.52. The Morgan fingerprint density at radius 2 is 1.96 bits per heavy atom. The zero-order valence-electron chi connectivity index (χ0n) is 13.0. The maximum atomic E-state index is 13.0. The minimum absolute atomic E-state index is 0.171. The Bertz CT molecular complexity index is 755. The summed E-state index contributed by atoms with van der Waals surface area (Å²) in [5, 5.41) is 4.28. The smallest absolute Gasteiger partial charge is 0.274 e.